The number of nitrogens with two attached hydrogens (primary N) is 1. The lowest BCUT2D eigenvalue weighted by Gasteiger charge is -2.23. The zero-order valence-corrected chi connectivity index (χ0v) is 16.3. The van der Waals surface area contributed by atoms with Gasteiger partial charge in [0.1, 0.15) is 17.0 Å². The van der Waals surface area contributed by atoms with Crippen LogP contribution in [-0.4, -0.2) is 18.1 Å². The Balaban J connectivity index is 1.89. The number of para-hydroxylation sites is 1. The maximum atomic E-state index is 12.4. The van der Waals surface area contributed by atoms with E-state index in [1.807, 2.05) is 72.8 Å². The molecule has 0 aliphatic heterocycles. The largest absolute Gasteiger partial charge is 0.467 e. The van der Waals surface area contributed by atoms with E-state index in [9.17, 15) is 4.79 Å². The van der Waals surface area contributed by atoms with Crippen molar-refractivity contribution in [1.29, 1.82) is 0 Å². The lowest BCUT2D eigenvalue weighted by atomic mass is 9.91. The van der Waals surface area contributed by atoms with Gasteiger partial charge in [0.05, 0.1) is 12.6 Å². The number of carbonyl (C=O) groups excluding carboxylic acids is 1. The Kier molecular flexibility index (Phi) is 4.82. The summed E-state index contributed by atoms with van der Waals surface area (Å²) in [7, 11) is 1.33. The van der Waals surface area contributed by atoms with Gasteiger partial charge in [0.25, 0.3) is 0 Å². The summed E-state index contributed by atoms with van der Waals surface area (Å²) in [6.45, 7) is 1.64. The van der Waals surface area contributed by atoms with Crippen molar-refractivity contribution in [2.45, 2.75) is 12.5 Å². The van der Waals surface area contributed by atoms with Crippen LogP contribution in [0.2, 0.25) is 0 Å². The summed E-state index contributed by atoms with van der Waals surface area (Å²) in [5, 5.41) is 0.896. The zero-order valence-electron chi connectivity index (χ0n) is 16.3. The summed E-state index contributed by atoms with van der Waals surface area (Å²) < 4.78 is 11.0. The highest BCUT2D eigenvalue weighted by Crippen LogP contribution is 2.36. The maximum absolute atomic E-state index is 12.4. The van der Waals surface area contributed by atoms with Crippen LogP contribution in [0.5, 0.6) is 11.5 Å². The van der Waals surface area contributed by atoms with E-state index in [0.717, 1.165) is 22.2 Å². The molecule has 1 heterocycles. The van der Waals surface area contributed by atoms with Crippen LogP contribution in [0, 0.1) is 0 Å². The minimum Gasteiger partial charge on any atom is -0.467 e. The van der Waals surface area contributed by atoms with Crippen molar-refractivity contribution in [3.63, 3.8) is 0 Å². The Hall–Kier alpha value is -3.57. The molecule has 0 saturated heterocycles. The fraction of sp³-hybridized carbons (Fsp3) is 0.125. The van der Waals surface area contributed by atoms with Gasteiger partial charge < -0.3 is 20.2 Å². The smallest absolute Gasteiger partial charge is 0.330 e. The number of hydrogen-bond donors (Lipinski definition) is 2. The van der Waals surface area contributed by atoms with Crippen molar-refractivity contribution in [2.75, 3.05) is 7.11 Å². The zero-order chi connectivity index (χ0) is 20.4. The second-order valence-electron chi connectivity index (χ2n) is 7.09. The Bertz CT molecular complexity index is 1150. The van der Waals surface area contributed by atoms with Crippen LogP contribution in [0.15, 0.2) is 78.9 Å². The second kappa shape index (κ2) is 7.45. The van der Waals surface area contributed by atoms with Crippen LogP contribution >= 0.6 is 0 Å². The fourth-order valence-corrected chi connectivity index (χ4v) is 3.40. The van der Waals surface area contributed by atoms with Gasteiger partial charge in [-0.1, -0.05) is 48.5 Å². The van der Waals surface area contributed by atoms with Crippen LogP contribution in [0.4, 0.5) is 0 Å². The van der Waals surface area contributed by atoms with Crippen molar-refractivity contribution in [2.24, 2.45) is 5.73 Å². The summed E-state index contributed by atoms with van der Waals surface area (Å²) in [4.78, 5) is 15.8. The molecule has 5 nitrogen and oxygen atoms in total. The highest BCUT2D eigenvalue weighted by atomic mass is 16.5. The first-order chi connectivity index (χ1) is 14.0. The van der Waals surface area contributed by atoms with Crippen molar-refractivity contribution in [3.8, 4) is 22.8 Å². The molecule has 0 aliphatic rings. The van der Waals surface area contributed by atoms with Crippen LogP contribution in [0.25, 0.3) is 22.2 Å². The monoisotopic (exact) mass is 386 g/mol. The quantitative estimate of drug-likeness (QED) is 0.475. The number of aromatic nitrogens is 1. The lowest BCUT2D eigenvalue weighted by molar-refractivity contribution is -0.146. The molecule has 1 unspecified atom stereocenters. The van der Waals surface area contributed by atoms with E-state index >= 15 is 0 Å². The molecule has 0 amide bonds. The normalized spacial score (nSPS) is 13.1. The van der Waals surface area contributed by atoms with E-state index in [2.05, 4.69) is 4.98 Å². The van der Waals surface area contributed by atoms with E-state index in [1.165, 1.54) is 7.11 Å². The average molecular weight is 386 g/mol. The number of hydrogen-bond acceptors (Lipinski definition) is 4. The van der Waals surface area contributed by atoms with Crippen molar-refractivity contribution >= 4 is 16.9 Å². The van der Waals surface area contributed by atoms with Crippen molar-refractivity contribution in [3.05, 3.63) is 84.4 Å². The Morgan fingerprint density at radius 1 is 0.931 bits per heavy atom. The van der Waals surface area contributed by atoms with E-state index in [-0.39, 0.29) is 0 Å². The standard InChI is InChI=1S/C24H22N2O3/c1-24(25,23(27)28-2)20-15-19(29-18-11-7-4-8-12-18)13-17-14-21(26-22(17)20)16-9-5-3-6-10-16/h3-15,26H,25H2,1-2H3. The summed E-state index contributed by atoms with van der Waals surface area (Å²) >= 11 is 0. The molecule has 0 fully saturated rings. The molecule has 5 heteroatoms. The molecule has 1 aromatic heterocycles. The molecule has 0 aliphatic carbocycles. The van der Waals surface area contributed by atoms with Crippen LogP contribution in [0.1, 0.15) is 12.5 Å². The highest BCUT2D eigenvalue weighted by molar-refractivity contribution is 5.95. The van der Waals surface area contributed by atoms with E-state index < -0.39 is 11.5 Å². The number of H-pyrrole nitrogens is 1. The summed E-state index contributed by atoms with van der Waals surface area (Å²) in [5.41, 5.74) is 8.43. The van der Waals surface area contributed by atoms with Gasteiger partial charge in [0.2, 0.25) is 0 Å². The summed E-state index contributed by atoms with van der Waals surface area (Å²) in [5.74, 6) is 0.776. The molecule has 146 valence electrons. The minimum atomic E-state index is -1.35. The third-order valence-electron chi connectivity index (χ3n) is 4.93. The Morgan fingerprint density at radius 2 is 1.59 bits per heavy atom. The second-order valence-corrected chi connectivity index (χ2v) is 7.09. The van der Waals surface area contributed by atoms with Gasteiger partial charge in [-0.2, -0.15) is 0 Å². The average Bonchev–Trinajstić information content (AvgIpc) is 3.18. The number of fused-ring (bicyclic) bond motifs is 1. The van der Waals surface area contributed by atoms with Gasteiger partial charge in [-0.15, -0.1) is 0 Å². The van der Waals surface area contributed by atoms with Gasteiger partial charge in [0, 0.05) is 16.6 Å². The van der Waals surface area contributed by atoms with Gasteiger partial charge in [-0.3, -0.25) is 0 Å². The van der Waals surface area contributed by atoms with Crippen molar-refractivity contribution in [1.82, 2.24) is 4.98 Å². The molecule has 1 atom stereocenters. The number of methoxy groups -OCH3 is 1. The summed E-state index contributed by atoms with van der Waals surface area (Å²) in [6, 6.07) is 25.2. The fourth-order valence-electron chi connectivity index (χ4n) is 3.40. The number of esters is 1. The van der Waals surface area contributed by atoms with E-state index in [1.54, 1.807) is 13.0 Å². The van der Waals surface area contributed by atoms with Crippen LogP contribution in [0.3, 0.4) is 0 Å². The Morgan fingerprint density at radius 3 is 2.24 bits per heavy atom. The topological polar surface area (TPSA) is 77.3 Å². The molecule has 0 radical (unpaired) electrons. The maximum Gasteiger partial charge on any atom is 0.330 e. The van der Waals surface area contributed by atoms with Gasteiger partial charge >= 0.3 is 5.97 Å². The number of rotatable bonds is 5. The highest BCUT2D eigenvalue weighted by Gasteiger charge is 2.34. The van der Waals surface area contributed by atoms with E-state index in [0.29, 0.717) is 17.1 Å². The number of ether oxygens (including phenoxy) is 2. The van der Waals surface area contributed by atoms with Crippen molar-refractivity contribution < 1.29 is 14.3 Å². The molecule has 0 spiro atoms. The minimum absolute atomic E-state index is 0.522. The first-order valence-corrected chi connectivity index (χ1v) is 9.32. The van der Waals surface area contributed by atoms with Crippen LogP contribution < -0.4 is 10.5 Å². The first-order valence-electron chi connectivity index (χ1n) is 9.32. The summed E-state index contributed by atoms with van der Waals surface area (Å²) in [6.07, 6.45) is 0. The number of aromatic amines is 1. The SMILES string of the molecule is COC(=O)C(C)(N)c1cc(Oc2ccccc2)cc2cc(-c3ccccc3)[nH]c12. The van der Waals surface area contributed by atoms with E-state index in [4.69, 9.17) is 15.2 Å². The predicted octanol–water partition coefficient (Wildman–Crippen LogP) is 4.97. The lowest BCUT2D eigenvalue weighted by Crippen LogP contribution is -2.42. The number of carbonyl (C=O) groups is 1. The molecule has 0 saturated carbocycles. The molecular formula is C24H22N2O3. The molecular weight excluding hydrogens is 364 g/mol. The third kappa shape index (κ3) is 3.60. The molecule has 4 rings (SSSR count). The number of benzene rings is 3. The number of nitrogens with one attached hydrogen (secondary N) is 1. The first kappa shape index (κ1) is 18.8. The van der Waals surface area contributed by atoms with Gasteiger partial charge in [0.15, 0.2) is 0 Å². The van der Waals surface area contributed by atoms with Gasteiger partial charge in [-0.05, 0) is 42.8 Å². The predicted molar refractivity (Wildman–Crippen MR) is 114 cm³/mol. The molecule has 29 heavy (non-hydrogen) atoms. The third-order valence-corrected chi connectivity index (χ3v) is 4.93. The molecule has 4 aromatic rings. The van der Waals surface area contributed by atoms with Crippen LogP contribution in [-0.2, 0) is 15.1 Å². The molecule has 0 bridgehead atoms. The Labute approximate surface area is 169 Å². The molecule has 3 aromatic carbocycles. The van der Waals surface area contributed by atoms with Gasteiger partial charge in [-0.25, -0.2) is 4.79 Å². The molecule has 3 N–H and O–H groups in total.